The summed E-state index contributed by atoms with van der Waals surface area (Å²) in [6.07, 6.45) is 5.50. The SMILES string of the molecule is Cc1cnc(C(C)NC2CCCC2CN)o1. The number of aromatic nitrogens is 1. The Morgan fingerprint density at radius 1 is 1.62 bits per heavy atom. The molecule has 3 N–H and O–H groups in total. The molecule has 2 rings (SSSR count). The topological polar surface area (TPSA) is 64.1 Å². The second-order valence-electron chi connectivity index (χ2n) is 4.73. The number of nitrogens with one attached hydrogen (secondary N) is 1. The average Bonchev–Trinajstić information content (AvgIpc) is 2.86. The van der Waals surface area contributed by atoms with Gasteiger partial charge in [0.1, 0.15) is 5.76 Å². The van der Waals surface area contributed by atoms with E-state index in [1.165, 1.54) is 19.3 Å². The number of rotatable bonds is 4. The summed E-state index contributed by atoms with van der Waals surface area (Å²) >= 11 is 0. The van der Waals surface area contributed by atoms with Gasteiger partial charge in [-0.25, -0.2) is 4.98 Å². The fraction of sp³-hybridized carbons (Fsp3) is 0.750. The second kappa shape index (κ2) is 4.97. The van der Waals surface area contributed by atoms with Crippen molar-refractivity contribution in [2.75, 3.05) is 6.54 Å². The highest BCUT2D eigenvalue weighted by Crippen LogP contribution is 2.27. The lowest BCUT2D eigenvalue weighted by atomic mass is 10.0. The number of hydrogen-bond acceptors (Lipinski definition) is 4. The highest BCUT2D eigenvalue weighted by molar-refractivity contribution is 4.97. The Balaban J connectivity index is 1.94. The normalized spacial score (nSPS) is 27.2. The van der Waals surface area contributed by atoms with E-state index in [4.69, 9.17) is 10.2 Å². The number of hydrogen-bond donors (Lipinski definition) is 2. The zero-order valence-corrected chi connectivity index (χ0v) is 10.1. The molecule has 0 radical (unpaired) electrons. The van der Waals surface area contributed by atoms with Crippen LogP contribution < -0.4 is 11.1 Å². The summed E-state index contributed by atoms with van der Waals surface area (Å²) in [5, 5.41) is 3.57. The third-order valence-corrected chi connectivity index (χ3v) is 3.44. The fourth-order valence-electron chi connectivity index (χ4n) is 2.50. The predicted octanol–water partition coefficient (Wildman–Crippen LogP) is 1.76. The van der Waals surface area contributed by atoms with Crippen LogP contribution in [0.4, 0.5) is 0 Å². The van der Waals surface area contributed by atoms with Gasteiger partial charge >= 0.3 is 0 Å². The molecule has 1 heterocycles. The average molecular weight is 223 g/mol. The maximum atomic E-state index is 5.76. The van der Waals surface area contributed by atoms with Gasteiger partial charge in [-0.05, 0) is 39.2 Å². The molecule has 1 aliphatic rings. The fourth-order valence-corrected chi connectivity index (χ4v) is 2.50. The molecule has 0 spiro atoms. The van der Waals surface area contributed by atoms with Crippen LogP contribution in [0.5, 0.6) is 0 Å². The van der Waals surface area contributed by atoms with Crippen molar-refractivity contribution in [3.05, 3.63) is 17.8 Å². The molecule has 0 aromatic carbocycles. The number of oxazole rings is 1. The van der Waals surface area contributed by atoms with Gasteiger partial charge in [0.2, 0.25) is 5.89 Å². The van der Waals surface area contributed by atoms with E-state index in [2.05, 4.69) is 17.2 Å². The molecule has 1 aromatic rings. The van der Waals surface area contributed by atoms with Crippen LogP contribution >= 0.6 is 0 Å². The second-order valence-corrected chi connectivity index (χ2v) is 4.73. The molecular formula is C12H21N3O. The van der Waals surface area contributed by atoms with Crippen molar-refractivity contribution >= 4 is 0 Å². The molecule has 4 heteroatoms. The van der Waals surface area contributed by atoms with Gasteiger partial charge in [-0.3, -0.25) is 0 Å². The molecule has 16 heavy (non-hydrogen) atoms. The smallest absolute Gasteiger partial charge is 0.211 e. The molecule has 3 atom stereocenters. The van der Waals surface area contributed by atoms with E-state index in [0.717, 1.165) is 18.2 Å². The van der Waals surface area contributed by atoms with Gasteiger partial charge in [-0.1, -0.05) is 6.42 Å². The third-order valence-electron chi connectivity index (χ3n) is 3.44. The first-order valence-electron chi connectivity index (χ1n) is 6.09. The molecule has 3 unspecified atom stereocenters. The lowest BCUT2D eigenvalue weighted by molar-refractivity contribution is 0.330. The summed E-state index contributed by atoms with van der Waals surface area (Å²) in [4.78, 5) is 4.25. The Kier molecular flexibility index (Phi) is 3.61. The summed E-state index contributed by atoms with van der Waals surface area (Å²) in [7, 11) is 0. The van der Waals surface area contributed by atoms with Crippen molar-refractivity contribution in [3.63, 3.8) is 0 Å². The highest BCUT2D eigenvalue weighted by atomic mass is 16.4. The lowest BCUT2D eigenvalue weighted by Crippen LogP contribution is -2.37. The molecule has 1 fully saturated rings. The van der Waals surface area contributed by atoms with Gasteiger partial charge in [0.15, 0.2) is 0 Å². The molecule has 0 saturated heterocycles. The van der Waals surface area contributed by atoms with E-state index < -0.39 is 0 Å². The first-order valence-corrected chi connectivity index (χ1v) is 6.09. The minimum absolute atomic E-state index is 0.172. The van der Waals surface area contributed by atoms with Crippen LogP contribution in [0.2, 0.25) is 0 Å². The monoisotopic (exact) mass is 223 g/mol. The lowest BCUT2D eigenvalue weighted by Gasteiger charge is -2.22. The Morgan fingerprint density at radius 3 is 3.06 bits per heavy atom. The highest BCUT2D eigenvalue weighted by Gasteiger charge is 2.28. The zero-order valence-electron chi connectivity index (χ0n) is 10.1. The van der Waals surface area contributed by atoms with Gasteiger partial charge in [0.05, 0.1) is 12.2 Å². The molecule has 0 amide bonds. The van der Waals surface area contributed by atoms with Gasteiger partial charge in [0.25, 0.3) is 0 Å². The molecule has 0 aliphatic heterocycles. The van der Waals surface area contributed by atoms with Gasteiger partial charge < -0.3 is 15.5 Å². The zero-order chi connectivity index (χ0) is 11.5. The van der Waals surface area contributed by atoms with Gasteiger partial charge in [0, 0.05) is 6.04 Å². The first kappa shape index (κ1) is 11.6. The Morgan fingerprint density at radius 2 is 2.44 bits per heavy atom. The number of aryl methyl sites for hydroxylation is 1. The van der Waals surface area contributed by atoms with Crippen LogP contribution in [0.3, 0.4) is 0 Å². The summed E-state index contributed by atoms with van der Waals surface area (Å²) < 4.78 is 5.52. The number of nitrogens with zero attached hydrogens (tertiary/aromatic N) is 1. The number of nitrogens with two attached hydrogens (primary N) is 1. The van der Waals surface area contributed by atoms with Crippen molar-refractivity contribution in [2.45, 2.75) is 45.2 Å². The standard InChI is InChI=1S/C12H21N3O/c1-8-7-14-12(16-8)9(2)15-11-5-3-4-10(11)6-13/h7,9-11,15H,3-6,13H2,1-2H3. The minimum atomic E-state index is 0.172. The van der Waals surface area contributed by atoms with Crippen LogP contribution in [-0.2, 0) is 0 Å². The molecule has 1 aliphatic carbocycles. The Bertz CT molecular complexity index is 337. The quantitative estimate of drug-likeness (QED) is 0.816. The molecule has 0 bridgehead atoms. The largest absolute Gasteiger partial charge is 0.444 e. The molecule has 1 aromatic heterocycles. The van der Waals surface area contributed by atoms with E-state index in [9.17, 15) is 0 Å². The van der Waals surface area contributed by atoms with E-state index >= 15 is 0 Å². The Hall–Kier alpha value is -0.870. The maximum Gasteiger partial charge on any atom is 0.211 e. The van der Waals surface area contributed by atoms with Gasteiger partial charge in [-0.2, -0.15) is 0 Å². The van der Waals surface area contributed by atoms with Crippen LogP contribution in [0.1, 0.15) is 43.9 Å². The Labute approximate surface area is 96.6 Å². The predicted molar refractivity (Wildman–Crippen MR) is 63.0 cm³/mol. The van der Waals surface area contributed by atoms with E-state index in [-0.39, 0.29) is 6.04 Å². The van der Waals surface area contributed by atoms with Gasteiger partial charge in [-0.15, -0.1) is 0 Å². The summed E-state index contributed by atoms with van der Waals surface area (Å²) in [5.41, 5.74) is 5.76. The van der Waals surface area contributed by atoms with Crippen molar-refractivity contribution < 1.29 is 4.42 Å². The summed E-state index contributed by atoms with van der Waals surface area (Å²) in [5.74, 6) is 2.25. The van der Waals surface area contributed by atoms with Crippen molar-refractivity contribution in [2.24, 2.45) is 11.7 Å². The maximum absolute atomic E-state index is 5.76. The van der Waals surface area contributed by atoms with E-state index in [1.54, 1.807) is 6.20 Å². The van der Waals surface area contributed by atoms with E-state index in [0.29, 0.717) is 12.0 Å². The summed E-state index contributed by atoms with van der Waals surface area (Å²) in [6, 6.07) is 0.693. The summed E-state index contributed by atoms with van der Waals surface area (Å²) in [6.45, 7) is 4.79. The van der Waals surface area contributed by atoms with Crippen molar-refractivity contribution in [1.82, 2.24) is 10.3 Å². The van der Waals surface area contributed by atoms with Crippen LogP contribution in [0.15, 0.2) is 10.6 Å². The van der Waals surface area contributed by atoms with E-state index in [1.807, 2.05) is 6.92 Å². The minimum Gasteiger partial charge on any atom is -0.444 e. The molecule has 90 valence electrons. The van der Waals surface area contributed by atoms with Crippen molar-refractivity contribution in [3.8, 4) is 0 Å². The molecular weight excluding hydrogens is 202 g/mol. The molecule has 4 nitrogen and oxygen atoms in total. The van der Waals surface area contributed by atoms with Crippen molar-refractivity contribution in [1.29, 1.82) is 0 Å². The van der Waals surface area contributed by atoms with Crippen LogP contribution in [0.25, 0.3) is 0 Å². The molecule has 1 saturated carbocycles. The van der Waals surface area contributed by atoms with Crippen LogP contribution in [-0.4, -0.2) is 17.6 Å². The van der Waals surface area contributed by atoms with Crippen LogP contribution in [0, 0.1) is 12.8 Å². The first-order chi connectivity index (χ1) is 7.70. The third kappa shape index (κ3) is 2.44.